The van der Waals surface area contributed by atoms with E-state index >= 15 is 0 Å². The number of ether oxygens (including phenoxy) is 1. The monoisotopic (exact) mass is 464 g/mol. The van der Waals surface area contributed by atoms with Crippen LogP contribution in [0.5, 0.6) is 5.75 Å². The standard InChI is InChI=1S/C28H24N4O3/c1-2-16-34-24-14-12-20(13-15-24)27-22(19-32(31-27)23-9-4-3-5-10-23)18-29-30-28(33)26-17-21-8-6-7-11-25(21)35-26/h3-15,17-19H,2,16H2,1H3,(H,30,33). The van der Waals surface area contributed by atoms with E-state index in [4.69, 9.17) is 14.3 Å². The highest BCUT2D eigenvalue weighted by Gasteiger charge is 2.13. The van der Waals surface area contributed by atoms with Gasteiger partial charge in [0.05, 0.1) is 18.5 Å². The molecule has 5 rings (SSSR count). The molecule has 0 spiro atoms. The van der Waals surface area contributed by atoms with Gasteiger partial charge in [0.1, 0.15) is 17.0 Å². The van der Waals surface area contributed by atoms with Crippen LogP contribution < -0.4 is 10.2 Å². The second-order valence-corrected chi connectivity index (χ2v) is 7.93. The predicted octanol–water partition coefficient (Wildman–Crippen LogP) is 5.84. The first-order valence-electron chi connectivity index (χ1n) is 11.4. The smallest absolute Gasteiger partial charge is 0.307 e. The van der Waals surface area contributed by atoms with Crippen molar-refractivity contribution in [3.05, 3.63) is 102 Å². The highest BCUT2D eigenvalue weighted by atomic mass is 16.5. The van der Waals surface area contributed by atoms with Gasteiger partial charge in [-0.05, 0) is 55.0 Å². The van der Waals surface area contributed by atoms with E-state index in [1.54, 1.807) is 17.0 Å². The molecule has 0 radical (unpaired) electrons. The summed E-state index contributed by atoms with van der Waals surface area (Å²) in [7, 11) is 0. The molecule has 0 fully saturated rings. The zero-order valence-corrected chi connectivity index (χ0v) is 19.2. The number of carbonyl (C=O) groups is 1. The van der Waals surface area contributed by atoms with Gasteiger partial charge in [-0.3, -0.25) is 4.79 Å². The van der Waals surface area contributed by atoms with Gasteiger partial charge < -0.3 is 9.15 Å². The van der Waals surface area contributed by atoms with Crippen LogP contribution >= 0.6 is 0 Å². The van der Waals surface area contributed by atoms with Crippen molar-refractivity contribution in [2.24, 2.45) is 5.10 Å². The number of nitrogens with one attached hydrogen (secondary N) is 1. The molecule has 0 unspecified atom stereocenters. The van der Waals surface area contributed by atoms with Crippen LogP contribution in [0.25, 0.3) is 27.9 Å². The van der Waals surface area contributed by atoms with Crippen molar-refractivity contribution in [1.82, 2.24) is 15.2 Å². The van der Waals surface area contributed by atoms with Gasteiger partial charge >= 0.3 is 5.91 Å². The van der Waals surface area contributed by atoms with E-state index in [9.17, 15) is 4.79 Å². The van der Waals surface area contributed by atoms with Crippen molar-refractivity contribution >= 4 is 23.1 Å². The number of fused-ring (bicyclic) bond motifs is 1. The Balaban J connectivity index is 1.41. The highest BCUT2D eigenvalue weighted by Crippen LogP contribution is 2.25. The fourth-order valence-corrected chi connectivity index (χ4v) is 3.66. The van der Waals surface area contributed by atoms with Gasteiger partial charge in [0.25, 0.3) is 0 Å². The largest absolute Gasteiger partial charge is 0.494 e. The van der Waals surface area contributed by atoms with Crippen LogP contribution in [0.1, 0.15) is 29.5 Å². The van der Waals surface area contributed by atoms with Gasteiger partial charge in [0, 0.05) is 22.7 Å². The molecule has 0 saturated heterocycles. The number of nitrogens with zero attached hydrogens (tertiary/aromatic N) is 3. The topological polar surface area (TPSA) is 81.6 Å². The molecule has 0 aliphatic rings. The molecular formula is C28H24N4O3. The van der Waals surface area contributed by atoms with Crippen LogP contribution in [-0.4, -0.2) is 28.5 Å². The Labute approximate surface area is 202 Å². The fraction of sp³-hybridized carbons (Fsp3) is 0.107. The van der Waals surface area contributed by atoms with Gasteiger partial charge in [-0.1, -0.05) is 43.3 Å². The maximum absolute atomic E-state index is 12.6. The summed E-state index contributed by atoms with van der Waals surface area (Å²) in [4.78, 5) is 12.6. The molecule has 35 heavy (non-hydrogen) atoms. The average Bonchev–Trinajstić information content (AvgIpc) is 3.53. The van der Waals surface area contributed by atoms with E-state index in [0.29, 0.717) is 12.2 Å². The SMILES string of the molecule is CCCOc1ccc(-c2nn(-c3ccccc3)cc2C=NNC(=O)c2cc3ccccc3o2)cc1. The molecule has 1 N–H and O–H groups in total. The second-order valence-electron chi connectivity index (χ2n) is 7.93. The molecule has 7 nitrogen and oxygen atoms in total. The summed E-state index contributed by atoms with van der Waals surface area (Å²) in [5, 5.41) is 9.82. The fourth-order valence-electron chi connectivity index (χ4n) is 3.66. The lowest BCUT2D eigenvalue weighted by molar-refractivity contribution is 0.0929. The molecule has 0 atom stereocenters. The number of benzene rings is 3. The first-order valence-corrected chi connectivity index (χ1v) is 11.4. The van der Waals surface area contributed by atoms with Crippen LogP contribution in [0.2, 0.25) is 0 Å². The molecular weight excluding hydrogens is 440 g/mol. The summed E-state index contributed by atoms with van der Waals surface area (Å²) in [5.41, 5.74) is 6.51. The third kappa shape index (κ3) is 4.99. The van der Waals surface area contributed by atoms with E-state index < -0.39 is 5.91 Å². The Kier molecular flexibility index (Phi) is 6.39. The zero-order valence-electron chi connectivity index (χ0n) is 19.2. The molecule has 3 aromatic carbocycles. The molecule has 7 heteroatoms. The number of para-hydroxylation sites is 2. The average molecular weight is 465 g/mol. The van der Waals surface area contributed by atoms with Gasteiger partial charge in [-0.15, -0.1) is 0 Å². The van der Waals surface area contributed by atoms with Crippen molar-refractivity contribution < 1.29 is 13.9 Å². The van der Waals surface area contributed by atoms with Crippen LogP contribution in [-0.2, 0) is 0 Å². The Morgan fingerprint density at radius 3 is 2.60 bits per heavy atom. The lowest BCUT2D eigenvalue weighted by Gasteiger charge is -2.05. The molecule has 0 aliphatic carbocycles. The Morgan fingerprint density at radius 1 is 1.06 bits per heavy atom. The van der Waals surface area contributed by atoms with Gasteiger partial charge in [-0.2, -0.15) is 10.2 Å². The number of hydrogen-bond acceptors (Lipinski definition) is 5. The van der Waals surface area contributed by atoms with Crippen molar-refractivity contribution in [2.45, 2.75) is 13.3 Å². The summed E-state index contributed by atoms with van der Waals surface area (Å²) < 4.78 is 13.1. The van der Waals surface area contributed by atoms with E-state index in [2.05, 4.69) is 17.5 Å². The molecule has 5 aromatic rings. The quantitative estimate of drug-likeness (QED) is 0.231. The summed E-state index contributed by atoms with van der Waals surface area (Å²) in [6.45, 7) is 2.74. The Bertz CT molecular complexity index is 1430. The van der Waals surface area contributed by atoms with Crippen LogP contribution in [0.4, 0.5) is 0 Å². The summed E-state index contributed by atoms with van der Waals surface area (Å²) >= 11 is 0. The summed E-state index contributed by atoms with van der Waals surface area (Å²) in [6.07, 6.45) is 4.41. The molecule has 1 amide bonds. The minimum absolute atomic E-state index is 0.200. The zero-order chi connectivity index (χ0) is 24.0. The van der Waals surface area contributed by atoms with Crippen molar-refractivity contribution in [3.8, 4) is 22.7 Å². The van der Waals surface area contributed by atoms with E-state index in [0.717, 1.165) is 40.1 Å². The van der Waals surface area contributed by atoms with Crippen molar-refractivity contribution in [1.29, 1.82) is 0 Å². The van der Waals surface area contributed by atoms with Gasteiger partial charge in [-0.25, -0.2) is 10.1 Å². The van der Waals surface area contributed by atoms with Crippen LogP contribution in [0.3, 0.4) is 0 Å². The number of hydrogen-bond donors (Lipinski definition) is 1. The van der Waals surface area contributed by atoms with Crippen molar-refractivity contribution in [3.63, 3.8) is 0 Å². The molecule has 174 valence electrons. The highest BCUT2D eigenvalue weighted by molar-refractivity contribution is 5.97. The van der Waals surface area contributed by atoms with Gasteiger partial charge in [0.15, 0.2) is 5.76 Å². The Hall–Kier alpha value is -4.65. The molecule has 0 aliphatic heterocycles. The van der Waals surface area contributed by atoms with Crippen LogP contribution in [0.15, 0.2) is 101 Å². The molecule has 2 heterocycles. The third-order valence-electron chi connectivity index (χ3n) is 5.38. The number of rotatable bonds is 8. The first kappa shape index (κ1) is 22.2. The number of carbonyl (C=O) groups excluding carboxylic acids is 1. The molecule has 2 aromatic heterocycles. The lowest BCUT2D eigenvalue weighted by Crippen LogP contribution is -2.16. The number of amides is 1. The van der Waals surface area contributed by atoms with E-state index in [1.807, 2.05) is 85.1 Å². The molecule has 0 bridgehead atoms. The first-order chi connectivity index (χ1) is 17.2. The van der Waals surface area contributed by atoms with Gasteiger partial charge in [0.2, 0.25) is 0 Å². The summed E-state index contributed by atoms with van der Waals surface area (Å²) in [6, 6.07) is 26.8. The van der Waals surface area contributed by atoms with E-state index in [1.165, 1.54) is 0 Å². The maximum atomic E-state index is 12.6. The number of furan rings is 1. The minimum atomic E-state index is -0.424. The lowest BCUT2D eigenvalue weighted by atomic mass is 10.1. The normalized spacial score (nSPS) is 11.2. The molecule has 0 saturated carbocycles. The van der Waals surface area contributed by atoms with Crippen molar-refractivity contribution in [2.75, 3.05) is 6.61 Å². The van der Waals surface area contributed by atoms with Crippen LogP contribution in [0, 0.1) is 0 Å². The minimum Gasteiger partial charge on any atom is -0.494 e. The Morgan fingerprint density at radius 2 is 1.83 bits per heavy atom. The maximum Gasteiger partial charge on any atom is 0.307 e. The number of hydrazone groups is 1. The van der Waals surface area contributed by atoms with E-state index in [-0.39, 0.29) is 5.76 Å². The predicted molar refractivity (Wildman–Crippen MR) is 136 cm³/mol. The number of aromatic nitrogens is 2. The summed E-state index contributed by atoms with van der Waals surface area (Å²) in [5.74, 6) is 0.588. The third-order valence-corrected chi connectivity index (χ3v) is 5.38. The second kappa shape index (κ2) is 10.1.